The maximum absolute atomic E-state index is 12.7. The Labute approximate surface area is 178 Å². The van der Waals surface area contributed by atoms with Gasteiger partial charge in [0.1, 0.15) is 5.82 Å². The van der Waals surface area contributed by atoms with Gasteiger partial charge in [0.15, 0.2) is 0 Å². The van der Waals surface area contributed by atoms with Gasteiger partial charge in [-0.05, 0) is 31.7 Å². The maximum atomic E-state index is 12.7. The Morgan fingerprint density at radius 2 is 1.83 bits per heavy atom. The number of piperidine rings is 1. The average molecular weight is 410 g/mol. The summed E-state index contributed by atoms with van der Waals surface area (Å²) in [6.45, 7) is 6.40. The first-order valence-corrected chi connectivity index (χ1v) is 11.0. The second-order valence-electron chi connectivity index (χ2n) is 8.37. The van der Waals surface area contributed by atoms with Gasteiger partial charge in [-0.3, -0.25) is 19.4 Å². The van der Waals surface area contributed by atoms with Gasteiger partial charge in [-0.1, -0.05) is 30.3 Å². The van der Waals surface area contributed by atoms with Crippen molar-refractivity contribution < 1.29 is 9.59 Å². The number of hydrogen-bond donors (Lipinski definition) is 1. The molecule has 7 heteroatoms. The molecule has 30 heavy (non-hydrogen) atoms. The first-order valence-electron chi connectivity index (χ1n) is 11.0. The van der Waals surface area contributed by atoms with Crippen LogP contribution in [0.1, 0.15) is 43.4 Å². The molecule has 2 aliphatic rings. The maximum Gasteiger partial charge on any atom is 0.228 e. The lowest BCUT2D eigenvalue weighted by atomic mass is 10.0. The second-order valence-corrected chi connectivity index (χ2v) is 8.37. The van der Waals surface area contributed by atoms with E-state index in [2.05, 4.69) is 39.6 Å². The number of carbonyl (C=O) groups excluding carboxylic acids is 2. The van der Waals surface area contributed by atoms with E-state index in [1.807, 2.05) is 23.7 Å². The van der Waals surface area contributed by atoms with Crippen LogP contribution in [-0.2, 0) is 22.7 Å². The summed E-state index contributed by atoms with van der Waals surface area (Å²) in [5, 5.41) is 7.56. The van der Waals surface area contributed by atoms with Crippen molar-refractivity contribution in [2.45, 2.75) is 58.2 Å². The summed E-state index contributed by atoms with van der Waals surface area (Å²) in [6, 6.07) is 12.6. The highest BCUT2D eigenvalue weighted by molar-refractivity contribution is 5.95. The van der Waals surface area contributed by atoms with Crippen molar-refractivity contribution in [3.8, 4) is 0 Å². The Bertz CT molecular complexity index is 871. The monoisotopic (exact) mass is 409 g/mol. The van der Waals surface area contributed by atoms with Gasteiger partial charge >= 0.3 is 0 Å². The summed E-state index contributed by atoms with van der Waals surface area (Å²) in [4.78, 5) is 29.3. The van der Waals surface area contributed by atoms with Crippen LogP contribution < -0.4 is 10.2 Å². The smallest absolute Gasteiger partial charge is 0.228 e. The molecule has 2 amide bonds. The number of fused-ring (bicyclic) bond motifs is 1. The van der Waals surface area contributed by atoms with E-state index in [1.54, 1.807) is 4.90 Å². The van der Waals surface area contributed by atoms with Crippen molar-refractivity contribution in [2.24, 2.45) is 0 Å². The highest BCUT2D eigenvalue weighted by atomic mass is 16.2. The summed E-state index contributed by atoms with van der Waals surface area (Å²) in [5.74, 6) is 0.838. The zero-order valence-corrected chi connectivity index (χ0v) is 17.7. The van der Waals surface area contributed by atoms with Crippen LogP contribution in [0.25, 0.3) is 0 Å². The number of aryl methyl sites for hydroxylation is 2. The van der Waals surface area contributed by atoms with E-state index in [1.165, 1.54) is 5.56 Å². The number of carbonyl (C=O) groups is 2. The molecule has 0 radical (unpaired) electrons. The Morgan fingerprint density at radius 1 is 1.07 bits per heavy atom. The Balaban J connectivity index is 1.19. The van der Waals surface area contributed by atoms with Gasteiger partial charge in [-0.25, -0.2) is 4.68 Å². The fraction of sp³-hybridized carbons (Fsp3) is 0.522. The third kappa shape index (κ3) is 5.08. The molecular formula is C23H31N5O2. The first-order chi connectivity index (χ1) is 14.6. The van der Waals surface area contributed by atoms with Crippen LogP contribution >= 0.6 is 0 Å². The van der Waals surface area contributed by atoms with Crippen LogP contribution in [0.3, 0.4) is 0 Å². The quantitative estimate of drug-likeness (QED) is 0.796. The fourth-order valence-corrected chi connectivity index (χ4v) is 4.39. The van der Waals surface area contributed by atoms with Crippen molar-refractivity contribution in [2.75, 3.05) is 24.5 Å². The molecule has 0 aliphatic carbocycles. The summed E-state index contributed by atoms with van der Waals surface area (Å²) in [5.41, 5.74) is 2.24. The third-order valence-corrected chi connectivity index (χ3v) is 5.98. The van der Waals surface area contributed by atoms with E-state index in [0.717, 1.165) is 57.0 Å². The number of benzene rings is 1. The summed E-state index contributed by atoms with van der Waals surface area (Å²) in [7, 11) is 0. The highest BCUT2D eigenvalue weighted by Gasteiger charge is 2.25. The van der Waals surface area contributed by atoms with Crippen LogP contribution in [-0.4, -0.2) is 52.2 Å². The van der Waals surface area contributed by atoms with E-state index in [9.17, 15) is 9.59 Å². The van der Waals surface area contributed by atoms with Gasteiger partial charge < -0.3 is 5.32 Å². The van der Waals surface area contributed by atoms with Gasteiger partial charge in [0.2, 0.25) is 11.8 Å². The Kier molecular flexibility index (Phi) is 6.47. The van der Waals surface area contributed by atoms with Crippen LogP contribution in [0.4, 0.5) is 5.82 Å². The molecule has 4 rings (SSSR count). The van der Waals surface area contributed by atoms with Gasteiger partial charge in [0.25, 0.3) is 0 Å². The van der Waals surface area contributed by atoms with E-state index in [0.29, 0.717) is 6.54 Å². The Morgan fingerprint density at radius 3 is 2.60 bits per heavy atom. The highest BCUT2D eigenvalue weighted by Crippen LogP contribution is 2.22. The number of nitrogens with one attached hydrogen (secondary N) is 1. The molecule has 2 aromatic rings. The van der Waals surface area contributed by atoms with E-state index in [-0.39, 0.29) is 30.7 Å². The lowest BCUT2D eigenvalue weighted by Gasteiger charge is -2.32. The number of aromatic nitrogens is 2. The third-order valence-electron chi connectivity index (χ3n) is 5.98. The van der Waals surface area contributed by atoms with Gasteiger partial charge in [0.05, 0.1) is 5.69 Å². The molecular weight excluding hydrogens is 378 g/mol. The van der Waals surface area contributed by atoms with Crippen LogP contribution in [0, 0.1) is 6.92 Å². The minimum atomic E-state index is -0.0217. The SMILES string of the molecule is Cc1cc2n(n1)CCCN2C(=O)CCC(=O)NC1CCN(Cc2ccccc2)CC1. The minimum Gasteiger partial charge on any atom is -0.353 e. The molecule has 3 heterocycles. The molecule has 0 atom stereocenters. The van der Waals surface area contributed by atoms with Crippen molar-refractivity contribution in [1.82, 2.24) is 20.0 Å². The van der Waals surface area contributed by atoms with Crippen LogP contribution in [0.2, 0.25) is 0 Å². The number of likely N-dealkylation sites (tertiary alicyclic amines) is 1. The van der Waals surface area contributed by atoms with Crippen molar-refractivity contribution in [3.63, 3.8) is 0 Å². The largest absolute Gasteiger partial charge is 0.353 e. The molecule has 1 N–H and O–H groups in total. The molecule has 1 aromatic heterocycles. The number of rotatable bonds is 6. The van der Waals surface area contributed by atoms with Crippen molar-refractivity contribution in [1.29, 1.82) is 0 Å². The molecule has 0 unspecified atom stereocenters. The van der Waals surface area contributed by atoms with E-state index >= 15 is 0 Å². The molecule has 2 aliphatic heterocycles. The van der Waals surface area contributed by atoms with Crippen LogP contribution in [0.5, 0.6) is 0 Å². The summed E-state index contributed by atoms with van der Waals surface area (Å²) >= 11 is 0. The zero-order chi connectivity index (χ0) is 20.9. The molecule has 0 spiro atoms. The minimum absolute atomic E-state index is 0.00341. The van der Waals surface area contributed by atoms with Crippen LogP contribution in [0.15, 0.2) is 36.4 Å². The molecule has 160 valence electrons. The van der Waals surface area contributed by atoms with Gasteiger partial charge in [-0.15, -0.1) is 0 Å². The second kappa shape index (κ2) is 9.43. The van der Waals surface area contributed by atoms with Crippen molar-refractivity contribution >= 4 is 17.6 Å². The number of hydrogen-bond acceptors (Lipinski definition) is 4. The summed E-state index contributed by atoms with van der Waals surface area (Å²) in [6.07, 6.45) is 3.29. The predicted molar refractivity (Wildman–Crippen MR) is 116 cm³/mol. The molecule has 0 bridgehead atoms. The van der Waals surface area contributed by atoms with Gasteiger partial charge in [0, 0.05) is 57.7 Å². The predicted octanol–water partition coefficient (Wildman–Crippen LogP) is 2.49. The average Bonchev–Trinajstić information content (AvgIpc) is 3.14. The molecule has 1 fully saturated rings. The standard InChI is InChI=1S/C23H31N5O2/c1-18-16-22-27(12-5-13-28(22)25-18)23(30)9-8-21(29)24-20-10-14-26(15-11-20)17-19-6-3-2-4-7-19/h2-4,6-7,16,20H,5,8-15,17H2,1H3,(H,24,29). The summed E-state index contributed by atoms with van der Waals surface area (Å²) < 4.78 is 1.89. The normalized spacial score (nSPS) is 17.6. The van der Waals surface area contributed by atoms with E-state index < -0.39 is 0 Å². The lowest BCUT2D eigenvalue weighted by molar-refractivity contribution is -0.126. The molecule has 1 aromatic carbocycles. The number of nitrogens with zero attached hydrogens (tertiary/aromatic N) is 4. The van der Waals surface area contributed by atoms with E-state index in [4.69, 9.17) is 0 Å². The fourth-order valence-electron chi connectivity index (χ4n) is 4.39. The zero-order valence-electron chi connectivity index (χ0n) is 17.7. The molecule has 0 saturated carbocycles. The lowest BCUT2D eigenvalue weighted by Crippen LogP contribution is -2.44. The first kappa shape index (κ1) is 20.6. The van der Waals surface area contributed by atoms with Crippen molar-refractivity contribution in [3.05, 3.63) is 47.7 Å². The molecule has 1 saturated heterocycles. The topological polar surface area (TPSA) is 70.5 Å². The number of anilines is 1. The molecule has 7 nitrogen and oxygen atoms in total. The number of amides is 2. The van der Waals surface area contributed by atoms with Gasteiger partial charge in [-0.2, -0.15) is 5.10 Å². The Hall–Kier alpha value is -2.67.